The Morgan fingerprint density at radius 3 is 1.39 bits per heavy atom. The summed E-state index contributed by atoms with van der Waals surface area (Å²) in [6, 6.07) is 75.8. The van der Waals surface area contributed by atoms with Gasteiger partial charge in [-0.15, -0.1) is 0 Å². The molecule has 2 heteroatoms. The molecule has 10 rings (SSSR count). The average Bonchev–Trinajstić information content (AvgIpc) is 3.65. The van der Waals surface area contributed by atoms with Gasteiger partial charge >= 0.3 is 0 Å². The lowest BCUT2D eigenvalue weighted by Gasteiger charge is -2.28. The van der Waals surface area contributed by atoms with Crippen molar-refractivity contribution in [2.75, 3.05) is 4.90 Å². The maximum atomic E-state index is 6.82. The van der Waals surface area contributed by atoms with Crippen molar-refractivity contribution in [3.05, 3.63) is 212 Å². The van der Waals surface area contributed by atoms with Crippen molar-refractivity contribution in [1.29, 1.82) is 0 Å². The number of rotatable bonds is 7. The highest BCUT2D eigenvalue weighted by Crippen LogP contribution is 2.48. The van der Waals surface area contributed by atoms with Crippen LogP contribution in [0.25, 0.3) is 77.2 Å². The minimum absolute atomic E-state index is 0.853. The first-order valence-corrected chi connectivity index (χ1v) is 18.4. The maximum Gasteiger partial charge on any atom is 0.137 e. The molecule has 0 saturated heterocycles. The molecule has 9 aromatic carbocycles. The van der Waals surface area contributed by atoms with Gasteiger partial charge in [0, 0.05) is 16.8 Å². The highest BCUT2D eigenvalue weighted by Gasteiger charge is 2.23. The molecule has 1 aromatic heterocycles. The number of nitrogens with zero attached hydrogens (tertiary/aromatic N) is 1. The van der Waals surface area contributed by atoms with Gasteiger partial charge in [-0.3, -0.25) is 0 Å². The van der Waals surface area contributed by atoms with E-state index in [0.29, 0.717) is 0 Å². The van der Waals surface area contributed by atoms with Crippen LogP contribution < -0.4 is 4.90 Å². The fourth-order valence-electron chi connectivity index (χ4n) is 7.90. The predicted molar refractivity (Wildman–Crippen MR) is 228 cm³/mol. The Labute approximate surface area is 314 Å². The molecule has 0 fully saturated rings. The minimum Gasteiger partial charge on any atom is -0.456 e. The molecule has 0 unspecified atom stereocenters. The second-order valence-corrected chi connectivity index (χ2v) is 13.7. The third-order valence-electron chi connectivity index (χ3n) is 10.4. The third kappa shape index (κ3) is 5.62. The van der Waals surface area contributed by atoms with Gasteiger partial charge in [0.25, 0.3) is 0 Å². The zero-order valence-corrected chi connectivity index (χ0v) is 29.6. The van der Waals surface area contributed by atoms with E-state index in [4.69, 9.17) is 4.42 Å². The summed E-state index contributed by atoms with van der Waals surface area (Å²) in [5, 5.41) is 4.57. The molecule has 0 radical (unpaired) electrons. The predicted octanol–water partition coefficient (Wildman–Crippen LogP) is 14.9. The normalized spacial score (nSPS) is 11.3. The topological polar surface area (TPSA) is 16.4 Å². The minimum atomic E-state index is 0.853. The molecule has 54 heavy (non-hydrogen) atoms. The molecule has 0 bridgehead atoms. The summed E-state index contributed by atoms with van der Waals surface area (Å²) in [5.41, 5.74) is 14.2. The van der Waals surface area contributed by atoms with E-state index in [2.05, 4.69) is 217 Å². The van der Waals surface area contributed by atoms with E-state index in [-0.39, 0.29) is 0 Å². The van der Waals surface area contributed by atoms with Gasteiger partial charge in [0.1, 0.15) is 11.2 Å². The lowest BCUT2D eigenvalue weighted by molar-refractivity contribution is 0.669. The second kappa shape index (κ2) is 13.4. The van der Waals surface area contributed by atoms with Crippen molar-refractivity contribution in [3.8, 4) is 44.5 Å². The van der Waals surface area contributed by atoms with Gasteiger partial charge in [-0.1, -0.05) is 164 Å². The Kier molecular flexibility index (Phi) is 7.85. The largest absolute Gasteiger partial charge is 0.456 e. The van der Waals surface area contributed by atoms with Gasteiger partial charge in [-0.2, -0.15) is 0 Å². The summed E-state index contributed by atoms with van der Waals surface area (Å²) in [6.07, 6.45) is 0. The zero-order valence-electron chi connectivity index (χ0n) is 29.6. The molecule has 2 nitrogen and oxygen atoms in total. The van der Waals surface area contributed by atoms with E-state index in [1.807, 2.05) is 0 Å². The Morgan fingerprint density at radius 1 is 0.296 bits per heavy atom. The SMILES string of the molecule is c1ccc(-c2ccc(N(c3cc(-c4ccccc4)cc(-c4ccccc4)c3)c3cccc4oc5cc(-c6ccccc6)c6ccccc6c5c34)cc2)cc1. The van der Waals surface area contributed by atoms with Crippen LogP contribution in [0.4, 0.5) is 17.1 Å². The smallest absolute Gasteiger partial charge is 0.137 e. The van der Waals surface area contributed by atoms with Crippen LogP contribution in [0.3, 0.4) is 0 Å². The zero-order chi connectivity index (χ0) is 35.8. The first-order valence-electron chi connectivity index (χ1n) is 18.4. The molecular weight excluding hydrogens is 655 g/mol. The fraction of sp³-hybridized carbons (Fsp3) is 0. The van der Waals surface area contributed by atoms with Gasteiger partial charge in [-0.25, -0.2) is 0 Å². The molecular formula is C52H35NO. The highest BCUT2D eigenvalue weighted by atomic mass is 16.3. The Morgan fingerprint density at radius 2 is 0.796 bits per heavy atom. The summed E-state index contributed by atoms with van der Waals surface area (Å²) in [7, 11) is 0. The Bertz CT molecular complexity index is 2840. The van der Waals surface area contributed by atoms with Gasteiger partial charge < -0.3 is 9.32 Å². The molecule has 0 aliphatic carbocycles. The van der Waals surface area contributed by atoms with Crippen LogP contribution in [-0.4, -0.2) is 0 Å². The number of hydrogen-bond donors (Lipinski definition) is 0. The van der Waals surface area contributed by atoms with Gasteiger partial charge in [0.2, 0.25) is 0 Å². The first kappa shape index (κ1) is 31.6. The average molecular weight is 690 g/mol. The number of hydrogen-bond acceptors (Lipinski definition) is 2. The summed E-state index contributed by atoms with van der Waals surface area (Å²) < 4.78 is 6.82. The van der Waals surface area contributed by atoms with E-state index in [0.717, 1.165) is 55.7 Å². The van der Waals surface area contributed by atoms with Crippen molar-refractivity contribution >= 4 is 49.8 Å². The fourth-order valence-corrected chi connectivity index (χ4v) is 7.90. The van der Waals surface area contributed by atoms with Crippen LogP contribution in [-0.2, 0) is 0 Å². The molecule has 0 spiro atoms. The summed E-state index contributed by atoms with van der Waals surface area (Å²) in [5.74, 6) is 0. The second-order valence-electron chi connectivity index (χ2n) is 13.7. The quantitative estimate of drug-likeness (QED) is 0.166. The number of benzene rings is 9. The molecule has 1 heterocycles. The summed E-state index contributed by atoms with van der Waals surface area (Å²) in [4.78, 5) is 2.41. The Hall–Kier alpha value is -7.16. The lowest BCUT2D eigenvalue weighted by Crippen LogP contribution is -2.11. The van der Waals surface area contributed by atoms with Crippen LogP contribution >= 0.6 is 0 Å². The van der Waals surface area contributed by atoms with Crippen molar-refractivity contribution in [2.24, 2.45) is 0 Å². The van der Waals surface area contributed by atoms with Gasteiger partial charge in [0.15, 0.2) is 0 Å². The molecule has 0 atom stereocenters. The van der Waals surface area contributed by atoms with E-state index in [1.165, 1.54) is 38.6 Å². The molecule has 0 aliphatic heterocycles. The van der Waals surface area contributed by atoms with Crippen LogP contribution in [0.1, 0.15) is 0 Å². The van der Waals surface area contributed by atoms with Crippen molar-refractivity contribution in [1.82, 2.24) is 0 Å². The van der Waals surface area contributed by atoms with Crippen molar-refractivity contribution < 1.29 is 4.42 Å². The Balaban J connectivity index is 1.26. The molecule has 0 saturated carbocycles. The standard InChI is InChI=1S/C52H35NO/c1-5-16-36(17-6-1)39-28-30-43(31-29-39)53(44-33-41(37-18-7-2-8-19-37)32-42(34-44)38-20-9-3-10-21-38)48-26-15-27-49-52(48)51-46-25-14-13-24-45(46)47(35-50(51)54-49)40-22-11-4-12-23-40/h1-35H. The monoisotopic (exact) mass is 689 g/mol. The first-order chi connectivity index (χ1) is 26.8. The maximum absolute atomic E-state index is 6.82. The summed E-state index contributed by atoms with van der Waals surface area (Å²) in [6.45, 7) is 0. The number of fused-ring (bicyclic) bond motifs is 5. The molecule has 0 amide bonds. The van der Waals surface area contributed by atoms with Crippen LogP contribution in [0.2, 0.25) is 0 Å². The molecule has 0 N–H and O–H groups in total. The highest BCUT2D eigenvalue weighted by molar-refractivity contribution is 6.25. The van der Waals surface area contributed by atoms with Crippen molar-refractivity contribution in [3.63, 3.8) is 0 Å². The van der Waals surface area contributed by atoms with Crippen molar-refractivity contribution in [2.45, 2.75) is 0 Å². The molecule has 10 aromatic rings. The molecule has 254 valence electrons. The third-order valence-corrected chi connectivity index (χ3v) is 10.4. The van der Waals surface area contributed by atoms with Gasteiger partial charge in [0.05, 0.1) is 11.1 Å². The van der Waals surface area contributed by atoms with Crippen LogP contribution in [0, 0.1) is 0 Å². The van der Waals surface area contributed by atoms with E-state index >= 15 is 0 Å². The van der Waals surface area contributed by atoms with Crippen LogP contribution in [0.15, 0.2) is 217 Å². The van der Waals surface area contributed by atoms with E-state index in [1.54, 1.807) is 0 Å². The lowest BCUT2D eigenvalue weighted by atomic mass is 9.94. The number of furan rings is 1. The van der Waals surface area contributed by atoms with Gasteiger partial charge in [-0.05, 0) is 104 Å². The van der Waals surface area contributed by atoms with E-state index < -0.39 is 0 Å². The van der Waals surface area contributed by atoms with Crippen LogP contribution in [0.5, 0.6) is 0 Å². The summed E-state index contributed by atoms with van der Waals surface area (Å²) >= 11 is 0. The molecule has 0 aliphatic rings. The van der Waals surface area contributed by atoms with E-state index in [9.17, 15) is 0 Å². The number of anilines is 3.